The minimum Gasteiger partial charge on any atom is -0.355 e. The summed E-state index contributed by atoms with van der Waals surface area (Å²) in [4.78, 5) is 16.5. The lowest BCUT2D eigenvalue weighted by molar-refractivity contribution is 0.149. The zero-order valence-corrected chi connectivity index (χ0v) is 52.0. The van der Waals surface area contributed by atoms with Gasteiger partial charge in [-0.1, -0.05) is 132 Å². The van der Waals surface area contributed by atoms with Crippen LogP contribution in [-0.2, 0) is 29.2 Å². The Hall–Kier alpha value is -7.01. The van der Waals surface area contributed by atoms with Crippen LogP contribution in [0, 0.1) is 0 Å². The van der Waals surface area contributed by atoms with Crippen LogP contribution in [0.3, 0.4) is 0 Å². The largest absolute Gasteiger partial charge is 0.355 e. The predicted octanol–water partition coefficient (Wildman–Crippen LogP) is 9.82. The second-order valence-corrected chi connectivity index (χ2v) is 26.8. The van der Waals surface area contributed by atoms with Crippen LogP contribution in [0.25, 0.3) is 78.3 Å². The maximum Gasteiger partial charge on any atom is 0.184 e. The average Bonchev–Trinajstić information content (AvgIpc) is 1.97. The topological polar surface area (TPSA) is 177 Å². The van der Waals surface area contributed by atoms with Crippen molar-refractivity contribution in [2.45, 2.75) is 51.2 Å². The van der Waals surface area contributed by atoms with E-state index in [9.17, 15) is 4.21 Å². The molecule has 0 N–H and O–H groups in total. The minimum absolute atomic E-state index is 0.430. The molecule has 1 unspecified atom stereocenters. The number of aromatic nitrogens is 13. The van der Waals surface area contributed by atoms with Gasteiger partial charge < -0.3 is 14.7 Å². The number of aryl methyl sites for hydroxylation is 1. The third-order valence-corrected chi connectivity index (χ3v) is 18.6. The van der Waals surface area contributed by atoms with Crippen molar-refractivity contribution < 1.29 is 4.21 Å². The van der Waals surface area contributed by atoms with E-state index in [1.165, 1.54) is 12.8 Å². The zero-order chi connectivity index (χ0) is 59.3. The summed E-state index contributed by atoms with van der Waals surface area (Å²) >= 11 is 20.6. The van der Waals surface area contributed by atoms with E-state index >= 15 is 0 Å². The van der Waals surface area contributed by atoms with E-state index in [1.807, 2.05) is 119 Å². The van der Waals surface area contributed by atoms with Crippen LogP contribution in [0.2, 0.25) is 15.1 Å². The maximum absolute atomic E-state index is 11.9. The van der Waals surface area contributed by atoms with Gasteiger partial charge >= 0.3 is 0 Å². The van der Waals surface area contributed by atoms with E-state index in [0.717, 1.165) is 172 Å². The van der Waals surface area contributed by atoms with Gasteiger partial charge in [-0.3, -0.25) is 19.0 Å². The first-order valence-corrected chi connectivity index (χ1v) is 33.0. The molecule has 0 amide bonds. The second-order valence-electron chi connectivity index (χ2n) is 22.9. The molecule has 86 heavy (non-hydrogen) atoms. The highest BCUT2D eigenvalue weighted by Gasteiger charge is 2.32. The first kappa shape index (κ1) is 59.3. The van der Waals surface area contributed by atoms with Crippen molar-refractivity contribution in [2.75, 3.05) is 110 Å². The summed E-state index contributed by atoms with van der Waals surface area (Å²) in [6.45, 7) is 14.7. The van der Waals surface area contributed by atoms with Gasteiger partial charge in [0.05, 0.1) is 62.2 Å². The molecule has 0 spiro atoms. The summed E-state index contributed by atoms with van der Waals surface area (Å²) in [5, 5.41) is 45.9. The SMILES string of the molecule is C=S(C)(=O)CCn1nc(C2CC2)c2c(Cl)c(-c3ccccc3)nnc21.CN1CCN(CCn2nc(-c3ccccn3)c3c(Cl)c(-c4ccccc4)nnc32)CC1.CN1CCN(CCn2nc(N3CCCC3)c3c(Cl)c(-c4ccccc4)nnc32)CC1. The molecular formula is C63H71Cl3N18OS. The molecule has 7 aromatic heterocycles. The van der Waals surface area contributed by atoms with Crippen molar-refractivity contribution in [1.29, 1.82) is 0 Å². The van der Waals surface area contributed by atoms with Crippen LogP contribution in [0.1, 0.15) is 37.3 Å². The van der Waals surface area contributed by atoms with E-state index < -0.39 is 9.52 Å². The van der Waals surface area contributed by atoms with Crippen LogP contribution in [0.4, 0.5) is 5.82 Å². The lowest BCUT2D eigenvalue weighted by Crippen LogP contribution is -2.45. The third kappa shape index (κ3) is 13.4. The van der Waals surface area contributed by atoms with E-state index in [4.69, 9.17) is 50.1 Å². The van der Waals surface area contributed by atoms with Gasteiger partial charge in [0.1, 0.15) is 22.8 Å². The predicted molar refractivity (Wildman–Crippen MR) is 348 cm³/mol. The molecule has 3 aliphatic heterocycles. The van der Waals surface area contributed by atoms with Crippen molar-refractivity contribution in [3.63, 3.8) is 0 Å². The van der Waals surface area contributed by atoms with E-state index in [2.05, 4.69) is 80.0 Å². The lowest BCUT2D eigenvalue weighted by Gasteiger charge is -2.32. The highest BCUT2D eigenvalue weighted by atomic mass is 35.5. The second kappa shape index (κ2) is 26.5. The average molecular weight is 1230 g/mol. The summed E-state index contributed by atoms with van der Waals surface area (Å²) in [7, 11) is 2.26. The summed E-state index contributed by atoms with van der Waals surface area (Å²) in [6.07, 6.45) is 8.04. The Kier molecular flexibility index (Phi) is 18.3. The first-order chi connectivity index (χ1) is 41.8. The highest BCUT2D eigenvalue weighted by molar-refractivity contribution is 7.99. The quantitative estimate of drug-likeness (QED) is 0.0886. The minimum atomic E-state index is -2.09. The fourth-order valence-electron chi connectivity index (χ4n) is 11.2. The Balaban J connectivity index is 0.000000127. The van der Waals surface area contributed by atoms with Gasteiger partial charge in [-0.05, 0) is 67.3 Å². The summed E-state index contributed by atoms with van der Waals surface area (Å²) in [6, 6.07) is 35.5. The summed E-state index contributed by atoms with van der Waals surface area (Å²) in [5.74, 6) is 5.55. The van der Waals surface area contributed by atoms with Gasteiger partial charge in [0.2, 0.25) is 0 Å². The lowest BCUT2D eigenvalue weighted by atomic mass is 10.1. The molecule has 14 rings (SSSR count). The Morgan fingerprint density at radius 2 is 0.930 bits per heavy atom. The van der Waals surface area contributed by atoms with Crippen molar-refractivity contribution >= 4 is 89.1 Å². The number of pyridine rings is 1. The Morgan fingerprint density at radius 3 is 1.41 bits per heavy atom. The van der Waals surface area contributed by atoms with Gasteiger partial charge in [-0.25, -0.2) is 14.0 Å². The number of hydrogen-bond donors (Lipinski definition) is 0. The number of anilines is 1. The Morgan fingerprint density at radius 1 is 0.488 bits per heavy atom. The van der Waals surface area contributed by atoms with E-state index in [-0.39, 0.29) is 0 Å². The fraction of sp³-hybridized carbons (Fsp3) is 0.381. The summed E-state index contributed by atoms with van der Waals surface area (Å²) in [5.41, 5.74) is 9.55. The van der Waals surface area contributed by atoms with Crippen LogP contribution < -0.4 is 4.90 Å². The zero-order valence-electron chi connectivity index (χ0n) is 48.9. The summed E-state index contributed by atoms with van der Waals surface area (Å²) < 4.78 is 17.7. The number of benzene rings is 3. The molecule has 1 aliphatic carbocycles. The normalized spacial score (nSPS) is 17.0. The van der Waals surface area contributed by atoms with Gasteiger partial charge in [-0.2, -0.15) is 15.3 Å². The number of fused-ring (bicyclic) bond motifs is 3. The number of rotatable bonds is 15. The van der Waals surface area contributed by atoms with E-state index in [1.54, 1.807) is 17.1 Å². The number of likely N-dealkylation sites (N-methyl/N-ethyl adjacent to an activating group) is 2. The molecule has 1 saturated carbocycles. The Labute approximate surface area is 516 Å². The highest BCUT2D eigenvalue weighted by Crippen LogP contribution is 2.45. The van der Waals surface area contributed by atoms with Gasteiger partial charge in [0, 0.05) is 119 Å². The molecule has 446 valence electrons. The number of nitrogens with zero attached hydrogens (tertiary/aromatic N) is 18. The Bertz CT molecular complexity index is 4050. The van der Waals surface area contributed by atoms with Crippen molar-refractivity contribution in [1.82, 2.24) is 84.5 Å². The third-order valence-electron chi connectivity index (χ3n) is 16.4. The van der Waals surface area contributed by atoms with Crippen molar-refractivity contribution in [2.24, 2.45) is 0 Å². The molecule has 10 aromatic rings. The number of piperazine rings is 2. The van der Waals surface area contributed by atoms with Crippen LogP contribution in [0.15, 0.2) is 115 Å². The molecule has 0 bridgehead atoms. The van der Waals surface area contributed by atoms with Crippen molar-refractivity contribution in [3.8, 4) is 45.2 Å². The van der Waals surface area contributed by atoms with Crippen LogP contribution in [0.5, 0.6) is 0 Å². The van der Waals surface area contributed by atoms with Crippen molar-refractivity contribution in [3.05, 3.63) is 136 Å². The van der Waals surface area contributed by atoms with Crippen LogP contribution in [-0.4, -0.2) is 199 Å². The molecule has 10 heterocycles. The van der Waals surface area contributed by atoms with E-state index in [0.29, 0.717) is 56.0 Å². The smallest absolute Gasteiger partial charge is 0.184 e. The molecular weight excluding hydrogens is 1160 g/mol. The van der Waals surface area contributed by atoms with Gasteiger partial charge in [0.15, 0.2) is 22.8 Å². The molecule has 0 radical (unpaired) electrons. The maximum atomic E-state index is 11.9. The van der Waals surface area contributed by atoms with Gasteiger partial charge in [-0.15, -0.1) is 30.6 Å². The van der Waals surface area contributed by atoms with Crippen LogP contribution >= 0.6 is 34.8 Å². The number of halogens is 3. The molecule has 4 aliphatic rings. The molecule has 1 atom stereocenters. The molecule has 4 fully saturated rings. The molecule has 23 heteroatoms. The number of hydrogen-bond acceptors (Lipinski definition) is 16. The monoisotopic (exact) mass is 1230 g/mol. The molecule has 3 aromatic carbocycles. The molecule has 19 nitrogen and oxygen atoms in total. The molecule has 3 saturated heterocycles. The van der Waals surface area contributed by atoms with Gasteiger partial charge in [0.25, 0.3) is 0 Å². The standard InChI is InChI=1S/C23H24ClN7.C22H28ClN7.C18H19ClN4OS/c1-29-11-13-30(14-12-29)15-16-31-23-19(22(28-31)18-9-5-6-10-25-18)20(24)21(26-27-23)17-7-3-2-4-8-17;1-27-11-13-28(14-12-27)15-16-30-21-18(22(26-30)29-9-5-6-10-29)19(23)20(24-25-21)17-7-3-2-4-8-17;1-25(2,24)11-10-23-18-14(16(22-23)13-8-9-13)15(19)17(20-21-18)12-6-4-3-5-7-12/h2-10H,11-16H2,1H3;2-4,7-8H,5-6,9-16H2,1H3;3-7,13H,1,8-11H2,2H3. The first-order valence-electron chi connectivity index (χ1n) is 29.6. The fourth-order valence-corrected chi connectivity index (χ4v) is 12.8.